The fraction of sp³-hybridized carbons (Fsp3) is 0. The van der Waals surface area contributed by atoms with Crippen LogP contribution in [0, 0.1) is 0 Å². The van der Waals surface area contributed by atoms with Crippen LogP contribution in [0.1, 0.15) is 0 Å². The Bertz CT molecular complexity index is 2500. The molecule has 2 aromatic heterocycles. The molecule has 0 fully saturated rings. The molecule has 200 valence electrons. The fourth-order valence-corrected chi connectivity index (χ4v) is 6.41. The lowest BCUT2D eigenvalue weighted by Gasteiger charge is -2.14. The van der Waals surface area contributed by atoms with Crippen molar-refractivity contribution in [2.24, 2.45) is 0 Å². The summed E-state index contributed by atoms with van der Waals surface area (Å²) in [4.78, 5) is 10.5. The zero-order valence-corrected chi connectivity index (χ0v) is 23.3. The molecule has 0 aliphatic carbocycles. The molecule has 7 aromatic carbocycles. The molecule has 9 rings (SSSR count). The van der Waals surface area contributed by atoms with Crippen LogP contribution >= 0.6 is 0 Å². The smallest absolute Gasteiger partial charge is 0.165 e. The van der Waals surface area contributed by atoms with Gasteiger partial charge in [-0.3, -0.25) is 4.57 Å². The van der Waals surface area contributed by atoms with E-state index in [1.165, 1.54) is 43.4 Å². The van der Waals surface area contributed by atoms with E-state index in [0.717, 1.165) is 39.1 Å². The quantitative estimate of drug-likeness (QED) is 0.220. The minimum Gasteiger partial charge on any atom is -0.292 e. The summed E-state index contributed by atoms with van der Waals surface area (Å²) in [5.41, 5.74) is 8.26. The zero-order valence-electron chi connectivity index (χ0n) is 23.3. The van der Waals surface area contributed by atoms with Gasteiger partial charge in [-0.15, -0.1) is 0 Å². The van der Waals surface area contributed by atoms with Gasteiger partial charge in [0.05, 0.1) is 22.1 Å². The third-order valence-electron chi connectivity index (χ3n) is 8.55. The second-order valence-electron chi connectivity index (χ2n) is 11.1. The number of para-hydroxylation sites is 3. The monoisotopic (exact) mass is 547 g/mol. The summed E-state index contributed by atoms with van der Waals surface area (Å²) in [5.74, 6) is 0.832. The molecule has 0 unspecified atom stereocenters. The van der Waals surface area contributed by atoms with Crippen LogP contribution in [0.3, 0.4) is 0 Å². The Morgan fingerprint density at radius 3 is 1.74 bits per heavy atom. The first-order chi connectivity index (χ1) is 21.3. The van der Waals surface area contributed by atoms with Crippen LogP contribution in [-0.4, -0.2) is 14.5 Å². The van der Waals surface area contributed by atoms with E-state index < -0.39 is 0 Å². The van der Waals surface area contributed by atoms with E-state index >= 15 is 0 Å². The van der Waals surface area contributed by atoms with Crippen molar-refractivity contribution in [3.05, 3.63) is 152 Å². The van der Waals surface area contributed by atoms with E-state index in [1.54, 1.807) is 0 Å². The second kappa shape index (κ2) is 9.37. The largest absolute Gasteiger partial charge is 0.292 e. The van der Waals surface area contributed by atoms with Gasteiger partial charge >= 0.3 is 0 Å². The molecule has 0 saturated carbocycles. The maximum atomic E-state index is 5.29. The second-order valence-corrected chi connectivity index (χ2v) is 11.1. The van der Waals surface area contributed by atoms with Crippen molar-refractivity contribution in [3.63, 3.8) is 0 Å². The van der Waals surface area contributed by atoms with Crippen LogP contribution < -0.4 is 0 Å². The summed E-state index contributed by atoms with van der Waals surface area (Å²) < 4.78 is 2.29. The number of hydrogen-bond donors (Lipinski definition) is 0. The van der Waals surface area contributed by atoms with Crippen molar-refractivity contribution < 1.29 is 0 Å². The van der Waals surface area contributed by atoms with Crippen LogP contribution in [0.25, 0.3) is 82.6 Å². The molecule has 0 atom stereocenters. The van der Waals surface area contributed by atoms with E-state index in [0.29, 0.717) is 0 Å². The minimum atomic E-state index is 0.832. The minimum absolute atomic E-state index is 0.832. The van der Waals surface area contributed by atoms with Gasteiger partial charge in [-0.1, -0.05) is 115 Å². The van der Waals surface area contributed by atoms with Gasteiger partial charge in [0.15, 0.2) is 5.82 Å². The first kappa shape index (κ1) is 23.9. The Morgan fingerprint density at radius 1 is 0.372 bits per heavy atom. The Hall–Kier alpha value is -5.80. The molecule has 0 spiro atoms. The van der Waals surface area contributed by atoms with Gasteiger partial charge in [-0.25, -0.2) is 9.97 Å². The summed E-state index contributed by atoms with van der Waals surface area (Å²) in [7, 11) is 0. The Morgan fingerprint density at radius 2 is 0.953 bits per heavy atom. The first-order valence-electron chi connectivity index (χ1n) is 14.6. The molecule has 0 radical (unpaired) electrons. The highest BCUT2D eigenvalue weighted by Crippen LogP contribution is 2.38. The number of rotatable bonds is 3. The molecular formula is C40H25N3. The Kier molecular flexibility index (Phi) is 5.20. The molecular weight excluding hydrogens is 522 g/mol. The van der Waals surface area contributed by atoms with Crippen molar-refractivity contribution in [1.82, 2.24) is 14.5 Å². The third-order valence-corrected chi connectivity index (χ3v) is 8.55. The molecule has 3 heteroatoms. The van der Waals surface area contributed by atoms with Crippen LogP contribution in [-0.2, 0) is 0 Å². The van der Waals surface area contributed by atoms with Gasteiger partial charge in [-0.2, -0.15) is 0 Å². The summed E-state index contributed by atoms with van der Waals surface area (Å²) >= 11 is 0. The highest BCUT2D eigenvalue weighted by Gasteiger charge is 2.19. The van der Waals surface area contributed by atoms with Crippen LogP contribution in [0.2, 0.25) is 0 Å². The van der Waals surface area contributed by atoms with Gasteiger partial charge in [0.2, 0.25) is 0 Å². The average molecular weight is 548 g/mol. The SMILES string of the molecule is c1ccc2cc(-c3ccc(-c4nc5ccccc5nc4-n4c5ccccc5c5cc6ccccc6cc54)cc3)ccc2c1. The van der Waals surface area contributed by atoms with Crippen LogP contribution in [0.5, 0.6) is 0 Å². The van der Waals surface area contributed by atoms with Crippen LogP contribution in [0.4, 0.5) is 0 Å². The Labute approximate surface area is 248 Å². The molecule has 3 nitrogen and oxygen atoms in total. The van der Waals surface area contributed by atoms with Crippen molar-refractivity contribution in [1.29, 1.82) is 0 Å². The van der Waals surface area contributed by atoms with Crippen molar-refractivity contribution in [2.75, 3.05) is 0 Å². The average Bonchev–Trinajstić information content (AvgIpc) is 3.39. The molecule has 0 amide bonds. The highest BCUT2D eigenvalue weighted by molar-refractivity contribution is 6.14. The van der Waals surface area contributed by atoms with Crippen molar-refractivity contribution in [2.45, 2.75) is 0 Å². The lowest BCUT2D eigenvalue weighted by molar-refractivity contribution is 1.08. The summed E-state index contributed by atoms with van der Waals surface area (Å²) in [6.07, 6.45) is 0. The predicted molar refractivity (Wildman–Crippen MR) is 180 cm³/mol. The molecule has 43 heavy (non-hydrogen) atoms. The maximum Gasteiger partial charge on any atom is 0.165 e. The van der Waals surface area contributed by atoms with Crippen molar-refractivity contribution in [3.8, 4) is 28.2 Å². The standard InChI is InChI=1S/C40H25N3/c1-2-10-29-23-32(22-19-26(29)9-1)27-17-20-28(21-18-27)39-40(42-36-15-7-6-14-35(36)41-39)43-37-16-8-5-13-33(37)34-24-30-11-3-4-12-31(30)25-38(34)43/h1-25H. The first-order valence-corrected chi connectivity index (χ1v) is 14.6. The van der Waals surface area contributed by atoms with E-state index in [9.17, 15) is 0 Å². The molecule has 9 aromatic rings. The summed E-state index contributed by atoms with van der Waals surface area (Å²) in [6.45, 7) is 0. The fourth-order valence-electron chi connectivity index (χ4n) is 6.41. The predicted octanol–water partition coefficient (Wildman–Crippen LogP) is 10.4. The molecule has 0 N–H and O–H groups in total. The van der Waals surface area contributed by atoms with E-state index in [-0.39, 0.29) is 0 Å². The molecule has 2 heterocycles. The normalized spacial score (nSPS) is 11.7. The number of fused-ring (bicyclic) bond motifs is 6. The number of nitrogens with zero attached hydrogens (tertiary/aromatic N) is 3. The molecule has 0 saturated heterocycles. The van der Waals surface area contributed by atoms with E-state index in [1.807, 2.05) is 24.3 Å². The Balaban J connectivity index is 1.29. The van der Waals surface area contributed by atoms with Gasteiger partial charge in [-0.05, 0) is 69.1 Å². The van der Waals surface area contributed by atoms with Gasteiger partial charge in [0.1, 0.15) is 5.69 Å². The van der Waals surface area contributed by atoms with E-state index in [4.69, 9.17) is 9.97 Å². The number of benzene rings is 7. The third kappa shape index (κ3) is 3.83. The lowest BCUT2D eigenvalue weighted by atomic mass is 9.99. The number of aromatic nitrogens is 3. The molecule has 0 aliphatic rings. The highest BCUT2D eigenvalue weighted by atomic mass is 15.1. The summed E-state index contributed by atoms with van der Waals surface area (Å²) in [5, 5.41) is 7.34. The molecule has 0 bridgehead atoms. The van der Waals surface area contributed by atoms with Gasteiger partial charge in [0, 0.05) is 16.3 Å². The number of hydrogen-bond acceptors (Lipinski definition) is 2. The molecule has 0 aliphatic heterocycles. The van der Waals surface area contributed by atoms with E-state index in [2.05, 4.69) is 132 Å². The van der Waals surface area contributed by atoms with Gasteiger partial charge < -0.3 is 0 Å². The topological polar surface area (TPSA) is 30.7 Å². The summed E-state index contributed by atoms with van der Waals surface area (Å²) in [6, 6.07) is 53.7. The van der Waals surface area contributed by atoms with Crippen molar-refractivity contribution >= 4 is 54.4 Å². The zero-order chi connectivity index (χ0) is 28.3. The van der Waals surface area contributed by atoms with Crippen LogP contribution in [0.15, 0.2) is 152 Å². The lowest BCUT2D eigenvalue weighted by Crippen LogP contribution is -2.03. The maximum absolute atomic E-state index is 5.29. The van der Waals surface area contributed by atoms with Gasteiger partial charge in [0.25, 0.3) is 0 Å².